The summed E-state index contributed by atoms with van der Waals surface area (Å²) in [4.78, 5) is 0. The van der Waals surface area contributed by atoms with Crippen molar-refractivity contribution < 1.29 is 4.43 Å². The average Bonchev–Trinajstić information content (AvgIpc) is 2.72. The van der Waals surface area contributed by atoms with Gasteiger partial charge in [0, 0.05) is 26.1 Å². The molecule has 0 amide bonds. The molecule has 0 saturated carbocycles. The molecule has 0 aliphatic carbocycles. The second-order valence-electron chi connectivity index (χ2n) is 12.0. The molecule has 0 aliphatic rings. The van der Waals surface area contributed by atoms with E-state index >= 15 is 0 Å². The van der Waals surface area contributed by atoms with Gasteiger partial charge in [-0.25, -0.2) is 0 Å². The molecule has 6 heteroatoms. The summed E-state index contributed by atoms with van der Waals surface area (Å²) in [6.45, 7) is 22.9. The van der Waals surface area contributed by atoms with Crippen molar-refractivity contribution in [2.45, 2.75) is 108 Å². The summed E-state index contributed by atoms with van der Waals surface area (Å²) in [5.74, 6) is 0. The van der Waals surface area contributed by atoms with E-state index in [0.717, 1.165) is 22.0 Å². The maximum Gasteiger partial charge on any atom is 0.193 e. The summed E-state index contributed by atoms with van der Waals surface area (Å²) in [6.07, 6.45) is 0.841. The Morgan fingerprint density at radius 2 is 1.51 bits per heavy atom. The molecule has 0 radical (unpaired) electrons. The van der Waals surface area contributed by atoms with Crippen LogP contribution < -0.4 is 5.32 Å². The number of thioether (sulfide) groups is 1. The highest BCUT2D eigenvalue weighted by atomic mass is 35.5. The van der Waals surface area contributed by atoms with Gasteiger partial charge in [0.15, 0.2) is 8.32 Å². The Hall–Kier alpha value is -0.493. The molecule has 0 spiro atoms. The van der Waals surface area contributed by atoms with Crippen LogP contribution in [0.2, 0.25) is 28.2 Å². The first-order chi connectivity index (χ1) is 16.0. The zero-order valence-electron chi connectivity index (χ0n) is 23.2. The predicted octanol–water partition coefficient (Wildman–Crippen LogP) is 10.1. The molecule has 0 saturated heterocycles. The zero-order valence-corrected chi connectivity index (χ0v) is 26.5. The number of rotatable bonds is 10. The van der Waals surface area contributed by atoms with E-state index in [9.17, 15) is 0 Å². The van der Waals surface area contributed by atoms with E-state index in [1.54, 1.807) is 0 Å². The molecule has 0 heterocycles. The molecule has 2 nitrogen and oxygen atoms in total. The lowest BCUT2D eigenvalue weighted by atomic mass is 9.94. The Bertz CT molecular complexity index is 937. The van der Waals surface area contributed by atoms with Crippen LogP contribution in [0.4, 0.5) is 0 Å². The van der Waals surface area contributed by atoms with Crippen molar-refractivity contribution in [1.29, 1.82) is 0 Å². The Balaban J connectivity index is 2.61. The third kappa shape index (κ3) is 9.09. The molecule has 2 aromatic carbocycles. The van der Waals surface area contributed by atoms with Crippen LogP contribution in [0.25, 0.3) is 0 Å². The van der Waals surface area contributed by atoms with Gasteiger partial charge in [-0.1, -0.05) is 103 Å². The minimum absolute atomic E-state index is 0.0483. The minimum Gasteiger partial charge on any atom is -0.408 e. The molecule has 35 heavy (non-hydrogen) atoms. The number of halogens is 2. The van der Waals surface area contributed by atoms with Crippen molar-refractivity contribution in [3.8, 4) is 0 Å². The van der Waals surface area contributed by atoms with E-state index in [1.165, 1.54) is 5.56 Å². The first-order valence-electron chi connectivity index (χ1n) is 12.7. The number of hydrogen-bond acceptors (Lipinski definition) is 3. The van der Waals surface area contributed by atoms with Crippen molar-refractivity contribution in [3.63, 3.8) is 0 Å². The third-order valence-electron chi connectivity index (χ3n) is 6.88. The number of benzene rings is 2. The van der Waals surface area contributed by atoms with Crippen molar-refractivity contribution in [2.24, 2.45) is 0 Å². The smallest absolute Gasteiger partial charge is 0.193 e. The fourth-order valence-corrected chi connectivity index (χ4v) is 7.13. The van der Waals surface area contributed by atoms with Gasteiger partial charge in [0.05, 0.1) is 12.1 Å². The maximum absolute atomic E-state index is 7.19. The molecule has 0 fully saturated rings. The molecule has 0 unspecified atom stereocenters. The van der Waals surface area contributed by atoms with E-state index < -0.39 is 8.32 Å². The van der Waals surface area contributed by atoms with Gasteiger partial charge in [0.2, 0.25) is 0 Å². The Morgan fingerprint density at radius 1 is 0.914 bits per heavy atom. The highest BCUT2D eigenvalue weighted by molar-refractivity contribution is 8.01. The van der Waals surface area contributed by atoms with Gasteiger partial charge in [-0.05, 0) is 59.9 Å². The summed E-state index contributed by atoms with van der Waals surface area (Å²) in [5, 5.41) is 6.02. The SMILES string of the molecule is CC[C@@H](N[C@H](c1ccc(Cl)cc1)[C@H](O[Si](C)(C)C(C)(C)C)c1cccc(Cl)c1)[C@@H](C)SC(C)(C)C. The fraction of sp³-hybridized carbons (Fsp3) is 0.586. The fourth-order valence-electron chi connectivity index (χ4n) is 3.99. The quantitative estimate of drug-likeness (QED) is 0.295. The summed E-state index contributed by atoms with van der Waals surface area (Å²) in [7, 11) is -2.12. The van der Waals surface area contributed by atoms with Crippen LogP contribution in [0.5, 0.6) is 0 Å². The van der Waals surface area contributed by atoms with Crippen molar-refractivity contribution >= 4 is 43.3 Å². The van der Waals surface area contributed by atoms with Crippen LogP contribution >= 0.6 is 35.0 Å². The molecule has 0 aliphatic heterocycles. The minimum atomic E-state index is -2.12. The van der Waals surface area contributed by atoms with E-state index in [4.69, 9.17) is 27.6 Å². The van der Waals surface area contributed by atoms with Crippen molar-refractivity contribution in [1.82, 2.24) is 5.32 Å². The van der Waals surface area contributed by atoms with E-state index in [1.807, 2.05) is 36.0 Å². The normalized spacial score (nSPS) is 16.6. The summed E-state index contributed by atoms with van der Waals surface area (Å²) < 4.78 is 7.38. The molecule has 2 rings (SSSR count). The molecule has 196 valence electrons. The molecular weight excluding hydrogens is 509 g/mol. The predicted molar refractivity (Wildman–Crippen MR) is 161 cm³/mol. The molecular formula is C29H45Cl2NOSSi. The second kappa shape index (κ2) is 12.4. The van der Waals surface area contributed by atoms with Crippen LogP contribution in [0.1, 0.15) is 85.1 Å². The van der Waals surface area contributed by atoms with Gasteiger partial charge in [0.1, 0.15) is 0 Å². The van der Waals surface area contributed by atoms with Gasteiger partial charge in [-0.15, -0.1) is 0 Å². The Kier molecular flexibility index (Phi) is 10.9. The summed E-state index contributed by atoms with van der Waals surface area (Å²) >= 11 is 14.8. The number of nitrogens with one attached hydrogen (secondary N) is 1. The number of hydrogen-bond donors (Lipinski definition) is 1. The van der Waals surface area contributed by atoms with E-state index in [2.05, 4.69) is 98.1 Å². The largest absolute Gasteiger partial charge is 0.408 e. The van der Waals surface area contributed by atoms with Crippen LogP contribution in [0.3, 0.4) is 0 Å². The van der Waals surface area contributed by atoms with Crippen molar-refractivity contribution in [2.75, 3.05) is 0 Å². The highest BCUT2D eigenvalue weighted by Crippen LogP contribution is 2.44. The molecule has 0 aromatic heterocycles. The monoisotopic (exact) mass is 553 g/mol. The van der Waals surface area contributed by atoms with Crippen LogP contribution in [-0.2, 0) is 4.43 Å². The molecule has 4 atom stereocenters. The lowest BCUT2D eigenvalue weighted by molar-refractivity contribution is 0.129. The van der Waals surface area contributed by atoms with E-state index in [-0.39, 0.29) is 21.9 Å². The molecule has 1 N–H and O–H groups in total. The molecule has 2 aromatic rings. The summed E-state index contributed by atoms with van der Waals surface area (Å²) in [6, 6.07) is 16.6. The van der Waals surface area contributed by atoms with Gasteiger partial charge in [-0.3, -0.25) is 0 Å². The maximum atomic E-state index is 7.19. The van der Waals surface area contributed by atoms with Gasteiger partial charge in [0.25, 0.3) is 0 Å². The first kappa shape index (κ1) is 30.7. The van der Waals surface area contributed by atoms with Gasteiger partial charge < -0.3 is 9.74 Å². The lowest BCUT2D eigenvalue weighted by Crippen LogP contribution is -2.47. The zero-order chi connectivity index (χ0) is 26.6. The average molecular weight is 555 g/mol. The van der Waals surface area contributed by atoms with Crippen LogP contribution in [0.15, 0.2) is 48.5 Å². The Labute approximate surface area is 230 Å². The van der Waals surface area contributed by atoms with Crippen LogP contribution in [-0.4, -0.2) is 24.4 Å². The van der Waals surface area contributed by atoms with E-state index in [0.29, 0.717) is 11.3 Å². The van der Waals surface area contributed by atoms with Gasteiger partial charge >= 0.3 is 0 Å². The molecule has 0 bridgehead atoms. The Morgan fingerprint density at radius 3 is 2.00 bits per heavy atom. The lowest BCUT2D eigenvalue weighted by Gasteiger charge is -2.43. The van der Waals surface area contributed by atoms with Crippen molar-refractivity contribution in [3.05, 3.63) is 69.7 Å². The first-order valence-corrected chi connectivity index (χ1v) is 17.2. The highest BCUT2D eigenvalue weighted by Gasteiger charge is 2.42. The topological polar surface area (TPSA) is 21.3 Å². The third-order valence-corrected chi connectivity index (χ3v) is 13.2. The standard InChI is InChI=1S/C29H45Cl2NOSSi/c1-11-25(20(2)34-28(3,4)5)32-26(21-15-17-23(30)18-16-21)27(22-13-12-14-24(31)19-22)33-35(9,10)29(6,7)8/h12-20,25-27,32H,11H2,1-10H3/t20-,25-,26-,27-/m1/s1. The second-order valence-corrected chi connectivity index (χ2v) is 19.8. The summed E-state index contributed by atoms with van der Waals surface area (Å²) in [5.41, 5.74) is 2.27. The van der Waals surface area contributed by atoms with Crippen LogP contribution in [0, 0.1) is 0 Å². The van der Waals surface area contributed by atoms with Gasteiger partial charge in [-0.2, -0.15) is 11.8 Å².